The summed E-state index contributed by atoms with van der Waals surface area (Å²) in [6, 6.07) is 0. The molecule has 18 heavy (non-hydrogen) atoms. The molecule has 2 aromatic rings. The molecule has 1 aliphatic heterocycles. The second-order valence-electron chi connectivity index (χ2n) is 4.01. The molecule has 7 nitrogen and oxygen atoms in total. The molecule has 7 heteroatoms. The molecular formula is C11H14N6O. The van der Waals surface area contributed by atoms with Gasteiger partial charge < -0.3 is 10.1 Å². The van der Waals surface area contributed by atoms with Crippen LogP contribution in [0.1, 0.15) is 18.2 Å². The lowest BCUT2D eigenvalue weighted by Gasteiger charge is -2.19. The molecule has 3 heterocycles. The van der Waals surface area contributed by atoms with Crippen LogP contribution in [-0.2, 0) is 17.8 Å². The Labute approximate surface area is 104 Å². The summed E-state index contributed by atoms with van der Waals surface area (Å²) in [7, 11) is 0. The Kier molecular flexibility index (Phi) is 2.89. The predicted octanol–water partition coefficient (Wildman–Crippen LogP) is 0.766. The minimum Gasteiger partial charge on any atom is -0.376 e. The van der Waals surface area contributed by atoms with E-state index in [9.17, 15) is 0 Å². The van der Waals surface area contributed by atoms with Crippen LogP contribution in [0.5, 0.6) is 0 Å². The van der Waals surface area contributed by atoms with E-state index in [0.717, 1.165) is 30.0 Å². The number of hydrogen-bond acceptors (Lipinski definition) is 6. The van der Waals surface area contributed by atoms with Gasteiger partial charge in [-0.05, 0) is 6.92 Å². The van der Waals surface area contributed by atoms with Crippen LogP contribution < -0.4 is 5.32 Å². The van der Waals surface area contributed by atoms with Gasteiger partial charge in [-0.15, -0.1) is 0 Å². The molecule has 0 radical (unpaired) electrons. The topological polar surface area (TPSA) is 88.6 Å². The fourth-order valence-corrected chi connectivity index (χ4v) is 1.97. The highest BCUT2D eigenvalue weighted by Gasteiger charge is 2.19. The predicted molar refractivity (Wildman–Crippen MR) is 64.9 cm³/mol. The van der Waals surface area contributed by atoms with Gasteiger partial charge in [0.15, 0.2) is 5.82 Å². The minimum atomic E-state index is 0.566. The van der Waals surface area contributed by atoms with E-state index in [-0.39, 0.29) is 0 Å². The first-order chi connectivity index (χ1) is 8.88. The zero-order valence-corrected chi connectivity index (χ0v) is 10.1. The molecule has 0 saturated carbocycles. The number of nitrogens with zero attached hydrogens (tertiary/aromatic N) is 4. The molecule has 0 atom stereocenters. The summed E-state index contributed by atoms with van der Waals surface area (Å²) in [5, 5.41) is 13.6. The Morgan fingerprint density at radius 2 is 2.39 bits per heavy atom. The summed E-state index contributed by atoms with van der Waals surface area (Å²) in [4.78, 5) is 9.04. The molecule has 3 rings (SSSR count). The van der Waals surface area contributed by atoms with Gasteiger partial charge in [0.25, 0.3) is 0 Å². The van der Waals surface area contributed by atoms with E-state index in [1.807, 2.05) is 6.92 Å². The van der Waals surface area contributed by atoms with Gasteiger partial charge >= 0.3 is 0 Å². The molecule has 0 bridgehead atoms. The molecule has 0 aliphatic carbocycles. The number of rotatable bonds is 3. The Morgan fingerprint density at radius 3 is 3.17 bits per heavy atom. The number of H-pyrrole nitrogens is 1. The van der Waals surface area contributed by atoms with Gasteiger partial charge in [0.2, 0.25) is 0 Å². The minimum absolute atomic E-state index is 0.566. The lowest BCUT2D eigenvalue weighted by atomic mass is 10.1. The van der Waals surface area contributed by atoms with Crippen molar-refractivity contribution in [2.75, 3.05) is 18.5 Å². The van der Waals surface area contributed by atoms with Gasteiger partial charge in [-0.1, -0.05) is 0 Å². The highest BCUT2D eigenvalue weighted by atomic mass is 16.5. The molecule has 2 aromatic heterocycles. The summed E-state index contributed by atoms with van der Waals surface area (Å²) in [5.41, 5.74) is 2.74. The first-order valence-electron chi connectivity index (χ1n) is 5.96. The van der Waals surface area contributed by atoms with Gasteiger partial charge in [0, 0.05) is 18.5 Å². The third-order valence-corrected chi connectivity index (χ3v) is 2.81. The molecular weight excluding hydrogens is 232 g/mol. The van der Waals surface area contributed by atoms with Crippen molar-refractivity contribution < 1.29 is 4.74 Å². The molecule has 0 unspecified atom stereocenters. The van der Waals surface area contributed by atoms with Crippen molar-refractivity contribution in [2.45, 2.75) is 20.0 Å². The maximum absolute atomic E-state index is 5.46. The lowest BCUT2D eigenvalue weighted by Crippen LogP contribution is -2.17. The maximum atomic E-state index is 5.46. The fourth-order valence-electron chi connectivity index (χ4n) is 1.97. The van der Waals surface area contributed by atoms with Crippen LogP contribution in [0, 0.1) is 0 Å². The van der Waals surface area contributed by atoms with E-state index in [4.69, 9.17) is 4.74 Å². The van der Waals surface area contributed by atoms with Crippen molar-refractivity contribution in [3.8, 4) is 11.5 Å². The Bertz CT molecular complexity index is 539. The summed E-state index contributed by atoms with van der Waals surface area (Å²) in [6.45, 7) is 4.11. The standard InChI is InChI=1S/C11H14N6O/c1-2-12-10-7-6-18-4-3-8(7)14-11(15-10)9-5-13-17-16-9/h5H,2-4,6H2,1H3,(H,12,14,15)(H,13,16,17). The monoisotopic (exact) mass is 246 g/mol. The summed E-state index contributed by atoms with van der Waals surface area (Å²) in [6.07, 6.45) is 2.43. The largest absolute Gasteiger partial charge is 0.376 e. The van der Waals surface area contributed by atoms with Gasteiger partial charge in [0.1, 0.15) is 11.5 Å². The van der Waals surface area contributed by atoms with Gasteiger partial charge in [0.05, 0.1) is 25.1 Å². The van der Waals surface area contributed by atoms with Crippen LogP contribution >= 0.6 is 0 Å². The summed E-state index contributed by atoms with van der Waals surface area (Å²) in [5.74, 6) is 1.43. The van der Waals surface area contributed by atoms with E-state index >= 15 is 0 Å². The van der Waals surface area contributed by atoms with Crippen LogP contribution in [-0.4, -0.2) is 38.5 Å². The molecule has 2 N–H and O–H groups in total. The molecule has 1 aliphatic rings. The maximum Gasteiger partial charge on any atom is 0.184 e. The first kappa shape index (κ1) is 11.1. The molecule has 0 spiro atoms. The second kappa shape index (κ2) is 4.69. The van der Waals surface area contributed by atoms with Crippen LogP contribution in [0.4, 0.5) is 5.82 Å². The molecule has 0 amide bonds. The number of aromatic nitrogens is 5. The van der Waals surface area contributed by atoms with Gasteiger partial charge in [-0.2, -0.15) is 15.4 Å². The summed E-state index contributed by atoms with van der Waals surface area (Å²) >= 11 is 0. The highest BCUT2D eigenvalue weighted by molar-refractivity contribution is 5.56. The summed E-state index contributed by atoms with van der Waals surface area (Å²) < 4.78 is 5.46. The number of aromatic amines is 1. The average molecular weight is 246 g/mol. The Morgan fingerprint density at radius 1 is 1.44 bits per heavy atom. The van der Waals surface area contributed by atoms with Crippen molar-refractivity contribution in [2.24, 2.45) is 0 Å². The number of ether oxygens (including phenoxy) is 1. The van der Waals surface area contributed by atoms with Crippen molar-refractivity contribution in [1.29, 1.82) is 0 Å². The quantitative estimate of drug-likeness (QED) is 0.831. The second-order valence-corrected chi connectivity index (χ2v) is 4.01. The number of nitrogens with one attached hydrogen (secondary N) is 2. The fraction of sp³-hybridized carbons (Fsp3) is 0.455. The van der Waals surface area contributed by atoms with E-state index in [1.165, 1.54) is 0 Å². The normalized spacial score (nSPS) is 14.3. The Hall–Kier alpha value is -2.02. The van der Waals surface area contributed by atoms with Crippen molar-refractivity contribution in [1.82, 2.24) is 25.4 Å². The van der Waals surface area contributed by atoms with Gasteiger partial charge in [-0.25, -0.2) is 9.97 Å². The van der Waals surface area contributed by atoms with Gasteiger partial charge in [-0.3, -0.25) is 0 Å². The first-order valence-corrected chi connectivity index (χ1v) is 5.96. The Balaban J connectivity index is 2.09. The molecule has 0 fully saturated rings. The number of anilines is 1. The van der Waals surface area contributed by atoms with Crippen molar-refractivity contribution in [3.05, 3.63) is 17.5 Å². The molecule has 0 saturated heterocycles. The van der Waals surface area contributed by atoms with Crippen LogP contribution in [0.3, 0.4) is 0 Å². The van der Waals surface area contributed by atoms with E-state index in [1.54, 1.807) is 6.20 Å². The van der Waals surface area contributed by atoms with E-state index in [2.05, 4.69) is 30.7 Å². The third kappa shape index (κ3) is 1.92. The number of hydrogen-bond donors (Lipinski definition) is 2. The van der Waals surface area contributed by atoms with Crippen LogP contribution in [0.2, 0.25) is 0 Å². The van der Waals surface area contributed by atoms with Crippen molar-refractivity contribution >= 4 is 5.82 Å². The third-order valence-electron chi connectivity index (χ3n) is 2.81. The lowest BCUT2D eigenvalue weighted by molar-refractivity contribution is 0.109. The van der Waals surface area contributed by atoms with Crippen molar-refractivity contribution in [3.63, 3.8) is 0 Å². The number of fused-ring (bicyclic) bond motifs is 1. The SMILES string of the molecule is CCNc1nc(-c2cn[nH]n2)nc2c1COCC2. The molecule has 0 aromatic carbocycles. The average Bonchev–Trinajstić information content (AvgIpc) is 2.93. The van der Waals surface area contributed by atoms with Crippen LogP contribution in [0.15, 0.2) is 6.20 Å². The smallest absolute Gasteiger partial charge is 0.184 e. The zero-order chi connectivity index (χ0) is 12.4. The molecule has 94 valence electrons. The van der Waals surface area contributed by atoms with E-state index in [0.29, 0.717) is 24.7 Å². The highest BCUT2D eigenvalue weighted by Crippen LogP contribution is 2.24. The zero-order valence-electron chi connectivity index (χ0n) is 10.1. The van der Waals surface area contributed by atoms with E-state index < -0.39 is 0 Å². The van der Waals surface area contributed by atoms with Crippen LogP contribution in [0.25, 0.3) is 11.5 Å².